The largest absolute Gasteiger partial charge is 0.456 e. The monoisotopic (exact) mass is 281 g/mol. The normalized spacial score (nSPS) is 15.2. The van der Waals surface area contributed by atoms with Gasteiger partial charge in [0.1, 0.15) is 0 Å². The zero-order valence-corrected chi connectivity index (χ0v) is 11.7. The minimum atomic E-state index is -0.459. The molecule has 0 fully saturated rings. The average molecular weight is 281 g/mol. The van der Waals surface area contributed by atoms with E-state index in [1.807, 2.05) is 24.3 Å². The van der Waals surface area contributed by atoms with E-state index in [9.17, 15) is 9.59 Å². The van der Waals surface area contributed by atoms with Crippen molar-refractivity contribution in [3.63, 3.8) is 0 Å². The van der Waals surface area contributed by atoms with Crippen LogP contribution in [0.4, 0.5) is 0 Å². The molecule has 4 heteroatoms. The molecule has 1 aromatic rings. The lowest BCUT2D eigenvalue weighted by atomic mass is 9.95. The number of esters is 1. The van der Waals surface area contributed by atoms with Crippen LogP contribution in [0.1, 0.15) is 24.5 Å². The van der Waals surface area contributed by atoms with Crippen molar-refractivity contribution in [2.24, 2.45) is 0 Å². The number of allylic oxidation sites excluding steroid dienone is 4. The first kappa shape index (κ1) is 13.4. The molecule has 1 N–H and O–H groups in total. The van der Waals surface area contributed by atoms with Gasteiger partial charge in [-0.15, -0.1) is 0 Å². The van der Waals surface area contributed by atoms with Crippen LogP contribution in [0.25, 0.3) is 11.6 Å². The van der Waals surface area contributed by atoms with Crippen molar-refractivity contribution in [2.45, 2.75) is 13.3 Å². The Labute approximate surface area is 122 Å². The summed E-state index contributed by atoms with van der Waals surface area (Å²) in [5, 5.41) is 2.77. The molecule has 0 atom stereocenters. The average Bonchev–Trinajstić information content (AvgIpc) is 2.82. The first-order valence-corrected chi connectivity index (χ1v) is 6.78. The maximum atomic E-state index is 11.7. The zero-order chi connectivity index (χ0) is 14.8. The van der Waals surface area contributed by atoms with E-state index in [2.05, 4.69) is 28.3 Å². The number of benzene rings is 1. The number of hydrogen-bond acceptors (Lipinski definition) is 3. The standard InChI is InChI=1S/C17H15NO3/c1-11(19)21-10-17(20)18-14-6-7-16-13(9-14)8-12-4-2-3-5-15(12)16/h2-8H,9-10H2,1H3,(H,18,20). The fourth-order valence-corrected chi connectivity index (χ4v) is 2.57. The van der Waals surface area contributed by atoms with Crippen molar-refractivity contribution in [1.29, 1.82) is 0 Å². The molecule has 1 aromatic carbocycles. The van der Waals surface area contributed by atoms with Gasteiger partial charge in [0.05, 0.1) is 0 Å². The Morgan fingerprint density at radius 3 is 2.86 bits per heavy atom. The lowest BCUT2D eigenvalue weighted by Crippen LogP contribution is -2.28. The van der Waals surface area contributed by atoms with E-state index in [0.29, 0.717) is 6.42 Å². The van der Waals surface area contributed by atoms with E-state index in [4.69, 9.17) is 0 Å². The Bertz CT molecular complexity index is 711. The van der Waals surface area contributed by atoms with Gasteiger partial charge in [-0.1, -0.05) is 36.4 Å². The van der Waals surface area contributed by atoms with Crippen molar-refractivity contribution < 1.29 is 14.3 Å². The van der Waals surface area contributed by atoms with E-state index in [1.54, 1.807) is 0 Å². The summed E-state index contributed by atoms with van der Waals surface area (Å²) < 4.78 is 4.67. The Hall–Kier alpha value is -2.62. The number of amides is 1. The molecule has 3 rings (SSSR count). The second kappa shape index (κ2) is 5.40. The van der Waals surface area contributed by atoms with E-state index >= 15 is 0 Å². The summed E-state index contributed by atoms with van der Waals surface area (Å²) in [5.41, 5.74) is 5.66. The van der Waals surface area contributed by atoms with E-state index < -0.39 is 5.97 Å². The molecule has 106 valence electrons. The number of ether oxygens (including phenoxy) is 1. The van der Waals surface area contributed by atoms with Crippen LogP contribution in [0.2, 0.25) is 0 Å². The fraction of sp³-hybridized carbons (Fsp3) is 0.176. The third-order valence-electron chi connectivity index (χ3n) is 3.47. The molecule has 0 unspecified atom stereocenters. The molecule has 0 bridgehead atoms. The Kier molecular flexibility index (Phi) is 3.44. The molecule has 1 amide bonds. The van der Waals surface area contributed by atoms with Crippen molar-refractivity contribution in [2.75, 3.05) is 6.61 Å². The van der Waals surface area contributed by atoms with Gasteiger partial charge in [-0.3, -0.25) is 9.59 Å². The summed E-state index contributed by atoms with van der Waals surface area (Å²) in [4.78, 5) is 22.3. The summed E-state index contributed by atoms with van der Waals surface area (Å²) in [6, 6.07) is 8.22. The first-order valence-electron chi connectivity index (χ1n) is 6.78. The van der Waals surface area contributed by atoms with Crippen molar-refractivity contribution in [3.8, 4) is 0 Å². The summed E-state index contributed by atoms with van der Waals surface area (Å²) in [5.74, 6) is -0.775. The predicted octanol–water partition coefficient (Wildman–Crippen LogP) is 2.43. The van der Waals surface area contributed by atoms with E-state index in [1.165, 1.54) is 29.2 Å². The van der Waals surface area contributed by atoms with Gasteiger partial charge in [-0.25, -0.2) is 0 Å². The molecule has 21 heavy (non-hydrogen) atoms. The van der Waals surface area contributed by atoms with Gasteiger partial charge in [-0.2, -0.15) is 0 Å². The summed E-state index contributed by atoms with van der Waals surface area (Å²) >= 11 is 0. The number of carbonyl (C=O) groups is 2. The highest BCUT2D eigenvalue weighted by molar-refractivity contribution is 5.96. The summed E-state index contributed by atoms with van der Waals surface area (Å²) in [6.45, 7) is 1.03. The Morgan fingerprint density at radius 1 is 1.24 bits per heavy atom. The van der Waals surface area contributed by atoms with Gasteiger partial charge >= 0.3 is 5.97 Å². The minimum absolute atomic E-state index is 0.248. The Balaban J connectivity index is 1.70. The highest BCUT2D eigenvalue weighted by Gasteiger charge is 2.21. The summed E-state index contributed by atoms with van der Waals surface area (Å²) in [6.07, 6.45) is 6.74. The lowest BCUT2D eigenvalue weighted by molar-refractivity contribution is -0.146. The molecule has 4 nitrogen and oxygen atoms in total. The van der Waals surface area contributed by atoms with Gasteiger partial charge in [0.15, 0.2) is 6.61 Å². The second-order valence-electron chi connectivity index (χ2n) is 5.03. The van der Waals surface area contributed by atoms with Gasteiger partial charge in [0, 0.05) is 19.0 Å². The molecule has 2 aliphatic carbocycles. The van der Waals surface area contributed by atoms with E-state index in [0.717, 1.165) is 5.70 Å². The maximum Gasteiger partial charge on any atom is 0.303 e. The second-order valence-corrected chi connectivity index (χ2v) is 5.03. The number of rotatable bonds is 3. The molecular formula is C17H15NO3. The van der Waals surface area contributed by atoms with Crippen LogP contribution in [-0.4, -0.2) is 18.5 Å². The quantitative estimate of drug-likeness (QED) is 0.866. The van der Waals surface area contributed by atoms with Crippen LogP contribution in [0.15, 0.2) is 47.7 Å². The predicted molar refractivity (Wildman–Crippen MR) is 79.9 cm³/mol. The van der Waals surface area contributed by atoms with Crippen LogP contribution in [-0.2, 0) is 14.3 Å². The molecule has 0 heterocycles. The number of nitrogens with one attached hydrogen (secondary N) is 1. The molecule has 2 aliphatic rings. The smallest absolute Gasteiger partial charge is 0.303 e. The lowest BCUT2D eigenvalue weighted by Gasteiger charge is -2.16. The summed E-state index contributed by atoms with van der Waals surface area (Å²) in [7, 11) is 0. The van der Waals surface area contributed by atoms with Crippen LogP contribution >= 0.6 is 0 Å². The highest BCUT2D eigenvalue weighted by Crippen LogP contribution is 2.40. The molecular weight excluding hydrogens is 266 g/mol. The van der Waals surface area contributed by atoms with Crippen LogP contribution in [0, 0.1) is 0 Å². The third kappa shape index (κ3) is 2.79. The van der Waals surface area contributed by atoms with E-state index in [-0.39, 0.29) is 12.5 Å². The van der Waals surface area contributed by atoms with Gasteiger partial charge in [-0.05, 0) is 28.3 Å². The Morgan fingerprint density at radius 2 is 2.05 bits per heavy atom. The zero-order valence-electron chi connectivity index (χ0n) is 11.7. The first-order chi connectivity index (χ1) is 10.1. The van der Waals surface area contributed by atoms with Gasteiger partial charge in [0.2, 0.25) is 0 Å². The molecule has 0 saturated carbocycles. The van der Waals surface area contributed by atoms with Crippen molar-refractivity contribution in [3.05, 3.63) is 58.8 Å². The molecule has 0 saturated heterocycles. The number of fused-ring (bicyclic) bond motifs is 3. The number of hydrogen-bond donors (Lipinski definition) is 1. The van der Waals surface area contributed by atoms with Gasteiger partial charge in [0.25, 0.3) is 5.91 Å². The minimum Gasteiger partial charge on any atom is -0.456 e. The van der Waals surface area contributed by atoms with Gasteiger partial charge < -0.3 is 10.1 Å². The number of carbonyl (C=O) groups excluding carboxylic acids is 2. The third-order valence-corrected chi connectivity index (χ3v) is 3.47. The molecule has 0 spiro atoms. The van der Waals surface area contributed by atoms with Crippen molar-refractivity contribution in [1.82, 2.24) is 5.32 Å². The molecule has 0 aromatic heterocycles. The highest BCUT2D eigenvalue weighted by atomic mass is 16.5. The SMILES string of the molecule is CC(=O)OCC(=O)NC1=CC=C2C(=Cc3ccccc32)C1. The van der Waals surface area contributed by atoms with Crippen LogP contribution in [0.5, 0.6) is 0 Å². The van der Waals surface area contributed by atoms with Crippen molar-refractivity contribution >= 4 is 23.5 Å². The fourth-order valence-electron chi connectivity index (χ4n) is 2.57. The molecule has 0 aliphatic heterocycles. The van der Waals surface area contributed by atoms with Crippen LogP contribution < -0.4 is 5.32 Å². The maximum absolute atomic E-state index is 11.7. The van der Waals surface area contributed by atoms with Crippen LogP contribution in [0.3, 0.4) is 0 Å². The molecule has 0 radical (unpaired) electrons. The topological polar surface area (TPSA) is 55.4 Å².